The van der Waals surface area contributed by atoms with Crippen molar-refractivity contribution >= 4 is 25.7 Å². The number of carbonyl (C=O) groups excluding carboxylic acids is 3. The van der Waals surface area contributed by atoms with E-state index in [0.29, 0.717) is 19.3 Å². The lowest BCUT2D eigenvalue weighted by atomic mass is 10.1. The summed E-state index contributed by atoms with van der Waals surface area (Å²) in [6.07, 6.45) is 72.4. The summed E-state index contributed by atoms with van der Waals surface area (Å²) in [5, 5.41) is 9.85. The lowest BCUT2D eigenvalue weighted by Gasteiger charge is -2.21. The van der Waals surface area contributed by atoms with Crippen LogP contribution < -0.4 is 0 Å². The molecule has 80 heavy (non-hydrogen) atoms. The number of hydrogen-bond acceptors (Lipinski definition) is 10. The van der Waals surface area contributed by atoms with Gasteiger partial charge in [0.25, 0.3) is 0 Å². The predicted octanol–water partition coefficient (Wildman–Crippen LogP) is 19.8. The number of unbranched alkanes of at least 4 members (excludes halogenated alkanes) is 29. The molecule has 2 N–H and O–H groups in total. The number of aliphatic hydroxyl groups excluding tert-OH is 1. The number of phosphoric ester groups is 1. The number of hydrogen-bond donors (Lipinski definition) is 2. The summed E-state index contributed by atoms with van der Waals surface area (Å²) < 4.78 is 39.7. The molecule has 0 aliphatic rings. The standard InChI is InChI=1S/C68H119O11P/c1-4-7-10-13-16-19-22-25-28-30-32-34-37-39-42-45-48-51-54-57-66(70)75-61-65(79-68(72)59-56-53-50-47-44-41-38-35-33-31-29-26-23-20-17-14-11-8-5-2)63-77-80(73,74)76-62-64(60-69)78-67(71)58-55-52-49-46-43-40-36-27-24-21-18-15-12-9-6-3/h16-17,19-20,25-29,32-36,64-65,69H,4-15,18,21-24,30-31,37-63H2,1-3H3,(H,73,74)/b19-16-,20-17-,28-25-,29-26-,34-32-,35-33-,36-27-. The van der Waals surface area contributed by atoms with Crippen LogP contribution in [0.15, 0.2) is 85.1 Å². The molecule has 0 spiro atoms. The summed E-state index contributed by atoms with van der Waals surface area (Å²) in [5.41, 5.74) is 0. The molecule has 0 aromatic carbocycles. The molecular weight excluding hydrogens is 1020 g/mol. The fourth-order valence-electron chi connectivity index (χ4n) is 8.78. The van der Waals surface area contributed by atoms with Gasteiger partial charge in [0.1, 0.15) is 12.7 Å². The Labute approximate surface area is 490 Å². The molecule has 0 heterocycles. The van der Waals surface area contributed by atoms with E-state index in [0.717, 1.165) is 141 Å². The monoisotopic (exact) mass is 1140 g/mol. The molecule has 11 nitrogen and oxygen atoms in total. The molecule has 0 bridgehead atoms. The zero-order valence-corrected chi connectivity index (χ0v) is 52.2. The zero-order valence-electron chi connectivity index (χ0n) is 51.3. The van der Waals surface area contributed by atoms with Crippen molar-refractivity contribution in [2.24, 2.45) is 0 Å². The van der Waals surface area contributed by atoms with E-state index in [1.807, 2.05) is 0 Å². The molecule has 12 heteroatoms. The first kappa shape index (κ1) is 76.7. The molecule has 0 fully saturated rings. The number of aliphatic hydroxyl groups is 1. The van der Waals surface area contributed by atoms with Crippen LogP contribution in [0.2, 0.25) is 0 Å². The van der Waals surface area contributed by atoms with Crippen LogP contribution >= 0.6 is 7.82 Å². The van der Waals surface area contributed by atoms with Gasteiger partial charge in [0.15, 0.2) is 6.10 Å². The van der Waals surface area contributed by atoms with E-state index in [2.05, 4.69) is 106 Å². The third-order valence-electron chi connectivity index (χ3n) is 13.8. The van der Waals surface area contributed by atoms with E-state index < -0.39 is 57.8 Å². The summed E-state index contributed by atoms with van der Waals surface area (Å²) in [5.74, 6) is -1.50. The van der Waals surface area contributed by atoms with Gasteiger partial charge in [-0.15, -0.1) is 0 Å². The van der Waals surface area contributed by atoms with Crippen LogP contribution in [0, 0.1) is 0 Å². The van der Waals surface area contributed by atoms with Gasteiger partial charge in [-0.05, 0) is 122 Å². The SMILES string of the molecule is CCCCC/C=C\C/C=C\C/C=C\CCCCCCCCC(=O)OCC(COP(=O)(O)OCC(CO)OC(=O)CCCCCCC/C=C\CCCCCCCC)OC(=O)CCCCCCCC/C=C\C/C=C\C/C=C\CCCCC. The van der Waals surface area contributed by atoms with Gasteiger partial charge in [0.05, 0.1) is 19.8 Å². The molecule has 3 atom stereocenters. The second-order valence-electron chi connectivity index (χ2n) is 21.6. The third kappa shape index (κ3) is 59.3. The number of rotatable bonds is 60. The molecule has 0 amide bonds. The normalized spacial score (nSPS) is 13.8. The lowest BCUT2D eigenvalue weighted by Crippen LogP contribution is -2.30. The van der Waals surface area contributed by atoms with Crippen molar-refractivity contribution in [1.29, 1.82) is 0 Å². The number of carbonyl (C=O) groups is 3. The Morgan fingerprint density at radius 3 is 0.975 bits per heavy atom. The highest BCUT2D eigenvalue weighted by atomic mass is 31.2. The molecule has 0 radical (unpaired) electrons. The molecule has 0 aromatic rings. The molecule has 462 valence electrons. The van der Waals surface area contributed by atoms with E-state index in [1.54, 1.807) is 0 Å². The Balaban J connectivity index is 4.76. The Kier molecular flexibility index (Phi) is 59.1. The summed E-state index contributed by atoms with van der Waals surface area (Å²) in [7, 11) is -4.77. The molecule has 0 aliphatic heterocycles. The van der Waals surface area contributed by atoms with Crippen molar-refractivity contribution in [3.05, 3.63) is 85.1 Å². The van der Waals surface area contributed by atoms with E-state index in [4.69, 9.17) is 23.3 Å². The maximum atomic E-state index is 13.0. The van der Waals surface area contributed by atoms with Gasteiger partial charge in [-0.1, -0.05) is 234 Å². The smallest absolute Gasteiger partial charge is 0.462 e. The third-order valence-corrected chi connectivity index (χ3v) is 14.7. The summed E-state index contributed by atoms with van der Waals surface area (Å²) in [4.78, 5) is 48.8. The molecular formula is C68H119O11P. The summed E-state index contributed by atoms with van der Waals surface area (Å²) in [6, 6.07) is 0. The van der Waals surface area contributed by atoms with Crippen molar-refractivity contribution in [3.8, 4) is 0 Å². The van der Waals surface area contributed by atoms with Crippen LogP contribution in [-0.2, 0) is 42.2 Å². The second-order valence-corrected chi connectivity index (χ2v) is 23.0. The fourth-order valence-corrected chi connectivity index (χ4v) is 9.56. The van der Waals surface area contributed by atoms with Gasteiger partial charge in [-0.3, -0.25) is 23.4 Å². The highest BCUT2D eigenvalue weighted by Crippen LogP contribution is 2.43. The average molecular weight is 1140 g/mol. The highest BCUT2D eigenvalue weighted by Gasteiger charge is 2.28. The highest BCUT2D eigenvalue weighted by molar-refractivity contribution is 7.47. The molecule has 0 saturated carbocycles. The van der Waals surface area contributed by atoms with Gasteiger partial charge in [0, 0.05) is 19.3 Å². The summed E-state index contributed by atoms with van der Waals surface area (Å²) >= 11 is 0. The minimum absolute atomic E-state index is 0.147. The molecule has 0 aliphatic carbocycles. The Hall–Kier alpha value is -3.34. The Bertz CT molecular complexity index is 1670. The van der Waals surface area contributed by atoms with Gasteiger partial charge in [-0.25, -0.2) is 4.57 Å². The first-order valence-electron chi connectivity index (χ1n) is 32.5. The van der Waals surface area contributed by atoms with Gasteiger partial charge in [-0.2, -0.15) is 0 Å². The molecule has 0 saturated heterocycles. The first-order chi connectivity index (χ1) is 39.2. The largest absolute Gasteiger partial charge is 0.472 e. The number of phosphoric acid groups is 1. The predicted molar refractivity (Wildman–Crippen MR) is 334 cm³/mol. The topological polar surface area (TPSA) is 155 Å². The van der Waals surface area contributed by atoms with Crippen molar-refractivity contribution in [2.75, 3.05) is 26.4 Å². The van der Waals surface area contributed by atoms with Crippen LogP contribution in [0.4, 0.5) is 0 Å². The summed E-state index contributed by atoms with van der Waals surface area (Å²) in [6.45, 7) is 4.58. The molecule has 3 unspecified atom stereocenters. The van der Waals surface area contributed by atoms with E-state index in [9.17, 15) is 28.9 Å². The second kappa shape index (κ2) is 61.7. The van der Waals surface area contributed by atoms with Crippen LogP contribution in [0.5, 0.6) is 0 Å². The average Bonchev–Trinajstić information content (AvgIpc) is 3.45. The minimum atomic E-state index is -4.77. The van der Waals surface area contributed by atoms with Gasteiger partial charge in [0.2, 0.25) is 0 Å². The quantitative estimate of drug-likeness (QED) is 0.0197. The number of esters is 3. The van der Waals surface area contributed by atoms with Gasteiger partial charge < -0.3 is 24.2 Å². The van der Waals surface area contributed by atoms with Crippen LogP contribution in [0.25, 0.3) is 0 Å². The van der Waals surface area contributed by atoms with Crippen molar-refractivity contribution in [2.45, 2.75) is 303 Å². The van der Waals surface area contributed by atoms with E-state index >= 15 is 0 Å². The van der Waals surface area contributed by atoms with Gasteiger partial charge >= 0.3 is 25.7 Å². The van der Waals surface area contributed by atoms with Crippen LogP contribution in [-0.4, -0.2) is 66.5 Å². The van der Waals surface area contributed by atoms with Crippen LogP contribution in [0.1, 0.15) is 290 Å². The maximum absolute atomic E-state index is 13.0. The first-order valence-corrected chi connectivity index (χ1v) is 34.0. The minimum Gasteiger partial charge on any atom is -0.462 e. The maximum Gasteiger partial charge on any atom is 0.472 e. The fraction of sp³-hybridized carbons (Fsp3) is 0.750. The zero-order chi connectivity index (χ0) is 58.3. The number of allylic oxidation sites excluding steroid dienone is 14. The van der Waals surface area contributed by atoms with Crippen molar-refractivity contribution in [1.82, 2.24) is 0 Å². The van der Waals surface area contributed by atoms with Crippen molar-refractivity contribution < 1.29 is 52.2 Å². The van der Waals surface area contributed by atoms with Crippen LogP contribution in [0.3, 0.4) is 0 Å². The van der Waals surface area contributed by atoms with E-state index in [1.165, 1.54) is 89.9 Å². The molecule has 0 aromatic heterocycles. The Morgan fingerprint density at radius 1 is 0.350 bits per heavy atom. The van der Waals surface area contributed by atoms with E-state index in [-0.39, 0.29) is 25.9 Å². The molecule has 0 rings (SSSR count). The van der Waals surface area contributed by atoms with Crippen molar-refractivity contribution in [3.63, 3.8) is 0 Å². The number of ether oxygens (including phenoxy) is 3. The lowest BCUT2D eigenvalue weighted by molar-refractivity contribution is -0.161. The Morgan fingerprint density at radius 2 is 0.613 bits per heavy atom.